The molecule has 0 saturated carbocycles. The van der Waals surface area contributed by atoms with Crippen LogP contribution in [0.3, 0.4) is 0 Å². The maximum atomic E-state index is 10.6. The molecule has 2 rings (SSSR count). The third kappa shape index (κ3) is 3.36. The zero-order valence-corrected chi connectivity index (χ0v) is 10.7. The summed E-state index contributed by atoms with van der Waals surface area (Å²) in [6.07, 6.45) is 1.51. The van der Waals surface area contributed by atoms with Gasteiger partial charge in [-0.25, -0.2) is 0 Å². The molecule has 0 aromatic heterocycles. The highest BCUT2D eigenvalue weighted by atomic mass is 16.6. The van der Waals surface area contributed by atoms with Crippen molar-refractivity contribution in [3.05, 3.63) is 63.7 Å². The molecule has 104 valence electrons. The largest absolute Gasteiger partial charge is 0.508 e. The van der Waals surface area contributed by atoms with E-state index < -0.39 is 4.92 Å². The number of nitriles is 1. The van der Waals surface area contributed by atoms with Gasteiger partial charge in [-0.05, 0) is 41.5 Å². The highest BCUT2D eigenvalue weighted by molar-refractivity contribution is 5.90. The Morgan fingerprint density at radius 1 is 1.14 bits per heavy atom. The number of rotatable bonds is 3. The summed E-state index contributed by atoms with van der Waals surface area (Å²) in [4.78, 5) is 10.1. The second-order valence-corrected chi connectivity index (χ2v) is 4.26. The third-order valence-electron chi connectivity index (χ3n) is 2.75. The van der Waals surface area contributed by atoms with Crippen LogP contribution in [0.1, 0.15) is 11.1 Å². The Balaban J connectivity index is 2.41. The van der Waals surface area contributed by atoms with Crippen LogP contribution in [0.4, 0.5) is 5.69 Å². The van der Waals surface area contributed by atoms with Gasteiger partial charge in [-0.15, -0.1) is 0 Å². The normalized spacial score (nSPS) is 10.9. The summed E-state index contributed by atoms with van der Waals surface area (Å²) < 4.78 is 0. The molecule has 0 unspecified atom stereocenters. The number of nitrogens with zero attached hydrogens (tertiary/aromatic N) is 2. The summed E-state index contributed by atoms with van der Waals surface area (Å²) in [6, 6.07) is 11.5. The zero-order chi connectivity index (χ0) is 15.4. The molecule has 0 heterocycles. The van der Waals surface area contributed by atoms with E-state index in [2.05, 4.69) is 0 Å². The van der Waals surface area contributed by atoms with E-state index in [1.807, 2.05) is 6.07 Å². The van der Waals surface area contributed by atoms with E-state index in [-0.39, 0.29) is 22.8 Å². The molecular weight excluding hydrogens is 272 g/mol. The van der Waals surface area contributed by atoms with Crippen molar-refractivity contribution >= 4 is 17.3 Å². The van der Waals surface area contributed by atoms with Crippen LogP contribution in [-0.4, -0.2) is 15.1 Å². The number of allylic oxidation sites excluding steroid dienone is 1. The van der Waals surface area contributed by atoms with Gasteiger partial charge in [0.15, 0.2) is 0 Å². The fourth-order valence-electron chi connectivity index (χ4n) is 1.79. The molecule has 21 heavy (non-hydrogen) atoms. The maximum absolute atomic E-state index is 10.6. The van der Waals surface area contributed by atoms with E-state index in [1.54, 1.807) is 0 Å². The lowest BCUT2D eigenvalue weighted by atomic mass is 10.0. The molecule has 0 bridgehead atoms. The predicted molar refractivity (Wildman–Crippen MR) is 76.4 cm³/mol. The van der Waals surface area contributed by atoms with Crippen molar-refractivity contribution in [3.8, 4) is 17.6 Å². The molecule has 2 aromatic rings. The first-order chi connectivity index (χ1) is 9.99. The molecule has 0 aliphatic carbocycles. The van der Waals surface area contributed by atoms with Gasteiger partial charge in [0.25, 0.3) is 5.69 Å². The SMILES string of the molecule is N#C/C(=C\c1ccc([N+](=O)[O-])cc1)c1cc(O)cc(O)c1. The van der Waals surface area contributed by atoms with Gasteiger partial charge in [-0.2, -0.15) is 5.26 Å². The molecular formula is C15H10N2O4. The van der Waals surface area contributed by atoms with Crippen LogP contribution < -0.4 is 0 Å². The minimum atomic E-state index is -0.508. The lowest BCUT2D eigenvalue weighted by Gasteiger charge is -2.02. The highest BCUT2D eigenvalue weighted by Gasteiger charge is 2.07. The highest BCUT2D eigenvalue weighted by Crippen LogP contribution is 2.27. The molecule has 0 fully saturated rings. The van der Waals surface area contributed by atoms with Crippen LogP contribution >= 0.6 is 0 Å². The standard InChI is InChI=1S/C15H10N2O4/c16-9-12(11-6-14(18)8-15(19)7-11)5-10-1-3-13(4-2-10)17(20)21/h1-8,18-19H/b12-5+. The summed E-state index contributed by atoms with van der Waals surface area (Å²) in [5.41, 5.74) is 1.13. The Morgan fingerprint density at radius 3 is 2.19 bits per heavy atom. The lowest BCUT2D eigenvalue weighted by molar-refractivity contribution is -0.384. The van der Waals surface area contributed by atoms with Gasteiger partial charge in [0.1, 0.15) is 11.5 Å². The molecule has 2 N–H and O–H groups in total. The van der Waals surface area contributed by atoms with Crippen molar-refractivity contribution in [2.45, 2.75) is 0 Å². The predicted octanol–water partition coefficient (Wildman–Crippen LogP) is 3.07. The van der Waals surface area contributed by atoms with Crippen LogP contribution in [0.25, 0.3) is 11.6 Å². The van der Waals surface area contributed by atoms with E-state index >= 15 is 0 Å². The van der Waals surface area contributed by atoms with E-state index in [4.69, 9.17) is 0 Å². The molecule has 0 aliphatic rings. The number of nitro benzene ring substituents is 1. The van der Waals surface area contributed by atoms with Crippen LogP contribution in [-0.2, 0) is 0 Å². The zero-order valence-electron chi connectivity index (χ0n) is 10.7. The van der Waals surface area contributed by atoms with Gasteiger partial charge in [-0.3, -0.25) is 10.1 Å². The van der Waals surface area contributed by atoms with Crippen LogP contribution in [0.2, 0.25) is 0 Å². The lowest BCUT2D eigenvalue weighted by Crippen LogP contribution is -1.87. The number of hydrogen-bond donors (Lipinski definition) is 2. The van der Waals surface area contributed by atoms with Crippen molar-refractivity contribution in [1.82, 2.24) is 0 Å². The van der Waals surface area contributed by atoms with Gasteiger partial charge in [0.05, 0.1) is 16.6 Å². The van der Waals surface area contributed by atoms with Crippen molar-refractivity contribution in [3.63, 3.8) is 0 Å². The van der Waals surface area contributed by atoms with Crippen molar-refractivity contribution < 1.29 is 15.1 Å². The van der Waals surface area contributed by atoms with Crippen molar-refractivity contribution in [2.24, 2.45) is 0 Å². The molecule has 0 aliphatic heterocycles. The Labute approximate surface area is 120 Å². The first-order valence-electron chi connectivity index (χ1n) is 5.89. The first-order valence-corrected chi connectivity index (χ1v) is 5.89. The van der Waals surface area contributed by atoms with Crippen LogP contribution in [0.5, 0.6) is 11.5 Å². The quantitative estimate of drug-likeness (QED) is 0.389. The number of phenolic OH excluding ortho intramolecular Hbond substituents is 2. The maximum Gasteiger partial charge on any atom is 0.269 e. The fraction of sp³-hybridized carbons (Fsp3) is 0. The fourth-order valence-corrected chi connectivity index (χ4v) is 1.79. The van der Waals surface area contributed by atoms with Gasteiger partial charge in [0.2, 0.25) is 0 Å². The minimum Gasteiger partial charge on any atom is -0.508 e. The molecule has 0 atom stereocenters. The number of non-ortho nitro benzene ring substituents is 1. The second kappa shape index (κ2) is 5.75. The Hall–Kier alpha value is -3.33. The third-order valence-corrected chi connectivity index (χ3v) is 2.75. The Bertz CT molecular complexity index is 738. The smallest absolute Gasteiger partial charge is 0.269 e. The molecule has 0 saturated heterocycles. The number of aromatic hydroxyl groups is 2. The number of benzene rings is 2. The molecule has 0 spiro atoms. The van der Waals surface area contributed by atoms with Crippen molar-refractivity contribution in [2.75, 3.05) is 0 Å². The summed E-state index contributed by atoms with van der Waals surface area (Å²) >= 11 is 0. The molecule has 0 radical (unpaired) electrons. The van der Waals surface area contributed by atoms with Gasteiger partial charge in [0, 0.05) is 18.2 Å². The van der Waals surface area contributed by atoms with Crippen molar-refractivity contribution in [1.29, 1.82) is 5.26 Å². The van der Waals surface area contributed by atoms with E-state index in [1.165, 1.54) is 42.5 Å². The molecule has 6 nitrogen and oxygen atoms in total. The average Bonchev–Trinajstić information content (AvgIpc) is 2.44. The molecule has 6 heteroatoms. The molecule has 0 amide bonds. The van der Waals surface area contributed by atoms with Crippen LogP contribution in [0, 0.1) is 21.4 Å². The average molecular weight is 282 g/mol. The number of nitro groups is 1. The van der Waals surface area contributed by atoms with Crippen LogP contribution in [0.15, 0.2) is 42.5 Å². The summed E-state index contributed by atoms with van der Waals surface area (Å²) in [7, 11) is 0. The second-order valence-electron chi connectivity index (χ2n) is 4.26. The Morgan fingerprint density at radius 2 is 1.71 bits per heavy atom. The minimum absolute atomic E-state index is 0.0411. The van der Waals surface area contributed by atoms with Gasteiger partial charge < -0.3 is 10.2 Å². The summed E-state index contributed by atoms with van der Waals surface area (Å²) in [5, 5.41) is 38.6. The number of phenols is 2. The first kappa shape index (κ1) is 14.1. The Kier molecular flexibility index (Phi) is 3.86. The molecule has 2 aromatic carbocycles. The topological polar surface area (TPSA) is 107 Å². The van der Waals surface area contributed by atoms with Gasteiger partial charge >= 0.3 is 0 Å². The number of hydrogen-bond acceptors (Lipinski definition) is 5. The van der Waals surface area contributed by atoms with E-state index in [0.717, 1.165) is 6.07 Å². The monoisotopic (exact) mass is 282 g/mol. The summed E-state index contributed by atoms with van der Waals surface area (Å²) in [6.45, 7) is 0. The van der Waals surface area contributed by atoms with Gasteiger partial charge in [-0.1, -0.05) is 0 Å². The summed E-state index contributed by atoms with van der Waals surface area (Å²) in [5.74, 6) is -0.315. The van der Waals surface area contributed by atoms with E-state index in [0.29, 0.717) is 11.1 Å². The van der Waals surface area contributed by atoms with E-state index in [9.17, 15) is 25.6 Å².